The number of carboxylic acid groups (broad SMARTS) is 1. The molecule has 84 valence electrons. The third-order valence-corrected chi connectivity index (χ3v) is 1.91. The van der Waals surface area contributed by atoms with Gasteiger partial charge in [0.15, 0.2) is 0 Å². The first-order chi connectivity index (χ1) is 7.54. The van der Waals surface area contributed by atoms with Gasteiger partial charge in [-0.1, -0.05) is 0 Å². The maximum atomic E-state index is 11.2. The van der Waals surface area contributed by atoms with Crippen LogP contribution in [0.2, 0.25) is 0 Å². The highest BCUT2D eigenvalue weighted by Crippen LogP contribution is 2.16. The minimum Gasteiger partial charge on any atom is -0.478 e. The molecule has 0 aliphatic rings. The first kappa shape index (κ1) is 11.8. The molecular formula is C11H11NO4. The first-order valence-electron chi connectivity index (χ1n) is 4.43. The monoisotopic (exact) mass is 221 g/mol. The van der Waals surface area contributed by atoms with Crippen molar-refractivity contribution in [3.05, 3.63) is 35.4 Å². The number of benzene rings is 1. The fraction of sp³-hybridized carbons (Fsp3) is 0.0909. The molecule has 0 fully saturated rings. The lowest BCUT2D eigenvalue weighted by Crippen LogP contribution is -2.02. The van der Waals surface area contributed by atoms with Crippen molar-refractivity contribution in [1.29, 1.82) is 0 Å². The maximum Gasteiger partial charge on any atom is 0.337 e. The van der Waals surface area contributed by atoms with Crippen molar-refractivity contribution in [2.75, 3.05) is 12.8 Å². The minimum absolute atomic E-state index is 0.321. The zero-order valence-corrected chi connectivity index (χ0v) is 8.64. The van der Waals surface area contributed by atoms with Gasteiger partial charge in [-0.25, -0.2) is 9.59 Å². The van der Waals surface area contributed by atoms with E-state index >= 15 is 0 Å². The highest BCUT2D eigenvalue weighted by atomic mass is 16.5. The molecular weight excluding hydrogens is 210 g/mol. The Morgan fingerprint density at radius 1 is 1.44 bits per heavy atom. The number of ether oxygens (including phenoxy) is 1. The fourth-order valence-corrected chi connectivity index (χ4v) is 1.12. The Morgan fingerprint density at radius 3 is 2.69 bits per heavy atom. The molecule has 3 N–H and O–H groups in total. The van der Waals surface area contributed by atoms with Gasteiger partial charge in [-0.3, -0.25) is 0 Å². The highest BCUT2D eigenvalue weighted by molar-refractivity contribution is 5.92. The van der Waals surface area contributed by atoms with Crippen LogP contribution in [0.4, 0.5) is 5.69 Å². The Hall–Kier alpha value is -2.30. The van der Waals surface area contributed by atoms with Crippen LogP contribution in [-0.2, 0) is 9.53 Å². The summed E-state index contributed by atoms with van der Waals surface area (Å²) in [7, 11) is 1.27. The van der Waals surface area contributed by atoms with E-state index in [1.54, 1.807) is 0 Å². The maximum absolute atomic E-state index is 11.2. The van der Waals surface area contributed by atoms with Crippen LogP contribution in [0, 0.1) is 0 Å². The number of esters is 1. The van der Waals surface area contributed by atoms with Crippen LogP contribution in [0.1, 0.15) is 15.9 Å². The molecule has 5 heteroatoms. The quantitative estimate of drug-likeness (QED) is 0.454. The molecule has 0 unspecified atom stereocenters. The summed E-state index contributed by atoms with van der Waals surface area (Å²) < 4.78 is 4.54. The number of nitrogen functional groups attached to an aromatic ring is 1. The molecule has 0 heterocycles. The first-order valence-corrected chi connectivity index (χ1v) is 4.43. The topological polar surface area (TPSA) is 89.6 Å². The lowest BCUT2D eigenvalue weighted by Gasteiger charge is -2.03. The predicted molar refractivity (Wildman–Crippen MR) is 58.9 cm³/mol. The van der Waals surface area contributed by atoms with Gasteiger partial charge in [-0.05, 0) is 29.8 Å². The lowest BCUT2D eigenvalue weighted by atomic mass is 10.1. The Balaban J connectivity index is 3.08. The van der Waals surface area contributed by atoms with Gasteiger partial charge in [0.2, 0.25) is 0 Å². The largest absolute Gasteiger partial charge is 0.478 e. The number of nitrogens with two attached hydrogens (primary N) is 1. The lowest BCUT2D eigenvalue weighted by molar-refractivity contribution is -0.131. The fourth-order valence-electron chi connectivity index (χ4n) is 1.12. The van der Waals surface area contributed by atoms with Gasteiger partial charge < -0.3 is 15.6 Å². The number of carboxylic acids is 1. The summed E-state index contributed by atoms with van der Waals surface area (Å²) in [5.74, 6) is -1.58. The third-order valence-electron chi connectivity index (χ3n) is 1.91. The molecule has 1 aromatic carbocycles. The Bertz CT molecular complexity index is 451. The molecule has 0 aromatic heterocycles. The molecule has 0 saturated heterocycles. The van der Waals surface area contributed by atoms with Crippen molar-refractivity contribution in [2.45, 2.75) is 0 Å². The molecule has 1 rings (SSSR count). The van der Waals surface area contributed by atoms with Crippen LogP contribution in [0.15, 0.2) is 24.3 Å². The number of aliphatic carboxylic acids is 1. The number of rotatable bonds is 3. The number of methoxy groups -OCH3 is 1. The van der Waals surface area contributed by atoms with Gasteiger partial charge in [0, 0.05) is 11.8 Å². The van der Waals surface area contributed by atoms with Crippen LogP contribution in [-0.4, -0.2) is 24.2 Å². The van der Waals surface area contributed by atoms with Crippen LogP contribution < -0.4 is 5.73 Å². The average Bonchev–Trinajstić information content (AvgIpc) is 2.26. The van der Waals surface area contributed by atoms with Crippen molar-refractivity contribution in [3.63, 3.8) is 0 Å². The number of hydrogen-bond acceptors (Lipinski definition) is 4. The number of carbonyl (C=O) groups is 2. The second-order valence-corrected chi connectivity index (χ2v) is 3.01. The summed E-state index contributed by atoms with van der Waals surface area (Å²) in [6.45, 7) is 0. The number of anilines is 1. The summed E-state index contributed by atoms with van der Waals surface area (Å²) in [5, 5.41) is 8.47. The van der Waals surface area contributed by atoms with E-state index in [4.69, 9.17) is 10.8 Å². The highest BCUT2D eigenvalue weighted by Gasteiger charge is 2.06. The van der Waals surface area contributed by atoms with Crippen molar-refractivity contribution >= 4 is 23.7 Å². The summed E-state index contributed by atoms with van der Waals surface area (Å²) in [6, 6.07) is 4.51. The van der Waals surface area contributed by atoms with Crippen LogP contribution in [0.3, 0.4) is 0 Å². The van der Waals surface area contributed by atoms with Crippen molar-refractivity contribution in [1.82, 2.24) is 0 Å². The Morgan fingerprint density at radius 2 is 2.12 bits per heavy atom. The molecule has 0 amide bonds. The van der Waals surface area contributed by atoms with E-state index in [1.807, 2.05) is 0 Å². The molecule has 0 radical (unpaired) electrons. The SMILES string of the molecule is COC(=O)c1ccc(N)c(C=CC(=O)O)c1. The van der Waals surface area contributed by atoms with Gasteiger partial charge in [0.1, 0.15) is 0 Å². The summed E-state index contributed by atoms with van der Waals surface area (Å²) in [5.41, 5.74) is 6.80. The van der Waals surface area contributed by atoms with Gasteiger partial charge in [-0.2, -0.15) is 0 Å². The smallest absolute Gasteiger partial charge is 0.337 e. The standard InChI is InChI=1S/C11H11NO4/c1-16-11(15)8-2-4-9(12)7(6-8)3-5-10(13)14/h2-6H,12H2,1H3,(H,13,14). The second-order valence-electron chi connectivity index (χ2n) is 3.01. The average molecular weight is 221 g/mol. The van der Waals surface area contributed by atoms with Gasteiger partial charge in [-0.15, -0.1) is 0 Å². The molecule has 0 atom stereocenters. The van der Waals surface area contributed by atoms with E-state index in [1.165, 1.54) is 31.4 Å². The summed E-state index contributed by atoms with van der Waals surface area (Å²) in [6.07, 6.45) is 2.27. The van der Waals surface area contributed by atoms with E-state index in [0.717, 1.165) is 6.08 Å². The van der Waals surface area contributed by atoms with Crippen molar-refractivity contribution < 1.29 is 19.4 Å². The van der Waals surface area contributed by atoms with E-state index in [0.29, 0.717) is 16.8 Å². The molecule has 0 bridgehead atoms. The van der Waals surface area contributed by atoms with E-state index < -0.39 is 11.9 Å². The molecule has 16 heavy (non-hydrogen) atoms. The number of carbonyl (C=O) groups excluding carboxylic acids is 1. The summed E-state index contributed by atoms with van der Waals surface area (Å²) in [4.78, 5) is 21.6. The predicted octanol–water partition coefficient (Wildman–Crippen LogP) is 1.15. The zero-order chi connectivity index (χ0) is 12.1. The van der Waals surface area contributed by atoms with Crippen LogP contribution in [0.25, 0.3) is 6.08 Å². The normalized spacial score (nSPS) is 10.3. The van der Waals surface area contributed by atoms with Gasteiger partial charge in [0.25, 0.3) is 0 Å². The van der Waals surface area contributed by atoms with Gasteiger partial charge >= 0.3 is 11.9 Å². The third kappa shape index (κ3) is 2.84. The van der Waals surface area contributed by atoms with Gasteiger partial charge in [0.05, 0.1) is 12.7 Å². The molecule has 0 saturated carbocycles. The minimum atomic E-state index is -1.08. The Kier molecular flexibility index (Phi) is 3.66. The molecule has 1 aromatic rings. The molecule has 5 nitrogen and oxygen atoms in total. The van der Waals surface area contributed by atoms with Crippen molar-refractivity contribution in [3.8, 4) is 0 Å². The van der Waals surface area contributed by atoms with E-state index in [-0.39, 0.29) is 0 Å². The van der Waals surface area contributed by atoms with E-state index in [2.05, 4.69) is 4.74 Å². The van der Waals surface area contributed by atoms with Crippen LogP contribution in [0.5, 0.6) is 0 Å². The molecule has 0 spiro atoms. The van der Waals surface area contributed by atoms with Crippen LogP contribution >= 0.6 is 0 Å². The van der Waals surface area contributed by atoms with Crippen molar-refractivity contribution in [2.24, 2.45) is 0 Å². The zero-order valence-electron chi connectivity index (χ0n) is 8.64. The molecule has 0 aliphatic carbocycles. The molecule has 0 aliphatic heterocycles. The Labute approximate surface area is 92.1 Å². The number of hydrogen-bond donors (Lipinski definition) is 2. The summed E-state index contributed by atoms with van der Waals surface area (Å²) >= 11 is 0. The second kappa shape index (κ2) is 4.97. The van der Waals surface area contributed by atoms with E-state index in [9.17, 15) is 9.59 Å².